The first-order valence-corrected chi connectivity index (χ1v) is 6.25. The molecule has 1 aliphatic rings. The summed E-state index contributed by atoms with van der Waals surface area (Å²) in [5, 5.41) is 27.6. The first kappa shape index (κ1) is 16.7. The number of anilines is 1. The molecule has 23 heavy (non-hydrogen) atoms. The Hall–Kier alpha value is -2.69. The number of amides is 2. The Balaban J connectivity index is 2.55. The van der Waals surface area contributed by atoms with E-state index in [9.17, 15) is 28.1 Å². The molecular formula is C12H11F3N4O4. The number of rotatable bonds is 3. The van der Waals surface area contributed by atoms with Gasteiger partial charge < -0.3 is 5.11 Å². The number of benzene rings is 1. The van der Waals surface area contributed by atoms with Crippen molar-refractivity contribution in [3.63, 3.8) is 0 Å². The van der Waals surface area contributed by atoms with Gasteiger partial charge in [0, 0.05) is 6.07 Å². The molecule has 2 rings (SSSR count). The van der Waals surface area contributed by atoms with Crippen LogP contribution in [0.5, 0.6) is 0 Å². The molecule has 0 spiro atoms. The summed E-state index contributed by atoms with van der Waals surface area (Å²) in [4.78, 5) is 23.2. The molecule has 1 aromatic carbocycles. The molecule has 1 fully saturated rings. The average molecular weight is 332 g/mol. The van der Waals surface area contributed by atoms with Gasteiger partial charge >= 0.3 is 12.2 Å². The van der Waals surface area contributed by atoms with Crippen LogP contribution in [0.4, 0.5) is 29.3 Å². The SMILES string of the molecule is CC1C(=N)N(c2ccc([N+](=O)[O-])c(C(F)(F)F)c2)C(=O)N1CO. The van der Waals surface area contributed by atoms with Gasteiger partial charge in [-0.1, -0.05) is 0 Å². The van der Waals surface area contributed by atoms with Gasteiger partial charge in [0.25, 0.3) is 5.69 Å². The minimum absolute atomic E-state index is 0.333. The molecule has 0 aromatic heterocycles. The number of aliphatic hydroxyl groups is 1. The van der Waals surface area contributed by atoms with Crippen LogP contribution in [0.25, 0.3) is 0 Å². The predicted octanol–water partition coefficient (Wildman–Crippen LogP) is 2.17. The van der Waals surface area contributed by atoms with E-state index in [2.05, 4.69) is 0 Å². The molecule has 2 amide bonds. The highest BCUT2D eigenvalue weighted by molar-refractivity contribution is 6.22. The van der Waals surface area contributed by atoms with Crippen molar-refractivity contribution in [2.45, 2.75) is 19.1 Å². The van der Waals surface area contributed by atoms with Gasteiger partial charge in [-0.3, -0.25) is 20.4 Å². The van der Waals surface area contributed by atoms with Gasteiger partial charge in [-0.15, -0.1) is 0 Å². The number of nitrogens with one attached hydrogen (secondary N) is 1. The summed E-state index contributed by atoms with van der Waals surface area (Å²) in [5.41, 5.74) is -3.00. The van der Waals surface area contributed by atoms with Crippen LogP contribution in [0.3, 0.4) is 0 Å². The van der Waals surface area contributed by atoms with E-state index in [0.717, 1.165) is 11.0 Å². The number of carbonyl (C=O) groups excluding carboxylic acids is 1. The lowest BCUT2D eigenvalue weighted by atomic mass is 10.1. The van der Waals surface area contributed by atoms with E-state index in [4.69, 9.17) is 10.5 Å². The van der Waals surface area contributed by atoms with Gasteiger partial charge in [0.05, 0.1) is 16.7 Å². The minimum atomic E-state index is -4.99. The van der Waals surface area contributed by atoms with Crippen molar-refractivity contribution in [1.29, 1.82) is 5.41 Å². The second-order valence-corrected chi connectivity index (χ2v) is 4.75. The van der Waals surface area contributed by atoms with E-state index in [1.807, 2.05) is 0 Å². The molecule has 1 unspecified atom stereocenters. The van der Waals surface area contributed by atoms with E-state index in [1.165, 1.54) is 6.92 Å². The predicted molar refractivity (Wildman–Crippen MR) is 72.1 cm³/mol. The largest absolute Gasteiger partial charge is 0.423 e. The topological polar surface area (TPSA) is 111 Å². The van der Waals surface area contributed by atoms with Crippen molar-refractivity contribution >= 4 is 23.2 Å². The first-order chi connectivity index (χ1) is 10.6. The Morgan fingerprint density at radius 3 is 2.48 bits per heavy atom. The zero-order valence-corrected chi connectivity index (χ0v) is 11.7. The molecule has 1 atom stereocenters. The molecule has 1 aromatic rings. The number of amidine groups is 1. The Bertz CT molecular complexity index is 691. The maximum absolute atomic E-state index is 13.0. The smallest absolute Gasteiger partial charge is 0.376 e. The zero-order chi connectivity index (χ0) is 17.5. The van der Waals surface area contributed by atoms with Gasteiger partial charge in [0.2, 0.25) is 0 Å². The summed E-state index contributed by atoms with van der Waals surface area (Å²) < 4.78 is 38.9. The second kappa shape index (κ2) is 5.50. The summed E-state index contributed by atoms with van der Waals surface area (Å²) in [6, 6.07) is 0.306. The fourth-order valence-corrected chi connectivity index (χ4v) is 2.21. The monoisotopic (exact) mass is 332 g/mol. The second-order valence-electron chi connectivity index (χ2n) is 4.75. The lowest BCUT2D eigenvalue weighted by molar-refractivity contribution is -0.388. The van der Waals surface area contributed by atoms with E-state index < -0.39 is 41.2 Å². The van der Waals surface area contributed by atoms with Crippen LogP contribution in [0, 0.1) is 15.5 Å². The molecular weight excluding hydrogens is 321 g/mol. The van der Waals surface area contributed by atoms with Crippen molar-refractivity contribution in [3.05, 3.63) is 33.9 Å². The molecule has 1 saturated heterocycles. The number of nitro groups is 1. The number of hydrogen-bond donors (Lipinski definition) is 2. The van der Waals surface area contributed by atoms with E-state index in [-0.39, 0.29) is 11.5 Å². The quantitative estimate of drug-likeness (QED) is 0.652. The fraction of sp³-hybridized carbons (Fsp3) is 0.333. The van der Waals surface area contributed by atoms with Crippen LogP contribution in [-0.2, 0) is 6.18 Å². The molecule has 124 valence electrons. The van der Waals surface area contributed by atoms with Crippen LogP contribution in [0.15, 0.2) is 18.2 Å². The van der Waals surface area contributed by atoms with Gasteiger partial charge in [0.1, 0.15) is 18.1 Å². The summed E-state index contributed by atoms with van der Waals surface area (Å²) in [7, 11) is 0. The Kier molecular flexibility index (Phi) is 3.99. The number of hydrogen-bond acceptors (Lipinski definition) is 5. The first-order valence-electron chi connectivity index (χ1n) is 6.25. The van der Waals surface area contributed by atoms with Crippen LogP contribution < -0.4 is 4.90 Å². The van der Waals surface area contributed by atoms with Gasteiger partial charge in [0.15, 0.2) is 0 Å². The average Bonchev–Trinajstić information content (AvgIpc) is 2.67. The number of nitrogens with zero attached hydrogens (tertiary/aromatic N) is 3. The number of aliphatic hydroxyl groups excluding tert-OH is 1. The lowest BCUT2D eigenvalue weighted by Gasteiger charge is -2.18. The lowest BCUT2D eigenvalue weighted by Crippen LogP contribution is -2.34. The third kappa shape index (κ3) is 2.70. The fourth-order valence-electron chi connectivity index (χ4n) is 2.21. The van der Waals surface area contributed by atoms with Crippen molar-refractivity contribution < 1.29 is 28.0 Å². The van der Waals surface area contributed by atoms with Crippen molar-refractivity contribution in [1.82, 2.24) is 4.90 Å². The number of carbonyl (C=O) groups is 1. The number of alkyl halides is 3. The van der Waals surface area contributed by atoms with Crippen molar-refractivity contribution in [2.24, 2.45) is 0 Å². The van der Waals surface area contributed by atoms with E-state index >= 15 is 0 Å². The summed E-state index contributed by atoms with van der Waals surface area (Å²) in [6.07, 6.45) is -4.99. The number of halogens is 3. The molecule has 8 nitrogen and oxygen atoms in total. The maximum Gasteiger partial charge on any atom is 0.423 e. The Morgan fingerprint density at radius 2 is 2.04 bits per heavy atom. The molecule has 11 heteroatoms. The molecule has 0 bridgehead atoms. The standard InChI is InChI=1S/C12H11F3N4O4/c1-6-10(16)18(11(21)17(6)5-20)7-2-3-9(19(22)23)8(4-7)12(13,14)15/h2-4,6,16,20H,5H2,1H3. The summed E-state index contributed by atoms with van der Waals surface area (Å²) in [6.45, 7) is 0.713. The molecule has 1 aliphatic heterocycles. The summed E-state index contributed by atoms with van der Waals surface area (Å²) in [5.74, 6) is -0.342. The third-order valence-corrected chi connectivity index (χ3v) is 3.43. The third-order valence-electron chi connectivity index (χ3n) is 3.43. The molecule has 2 N–H and O–H groups in total. The molecule has 0 radical (unpaired) electrons. The minimum Gasteiger partial charge on any atom is -0.376 e. The maximum atomic E-state index is 13.0. The van der Waals surface area contributed by atoms with E-state index in [0.29, 0.717) is 17.0 Å². The molecule has 0 saturated carbocycles. The normalized spacial score (nSPS) is 18.7. The molecule has 1 heterocycles. The summed E-state index contributed by atoms with van der Waals surface area (Å²) >= 11 is 0. The van der Waals surface area contributed by atoms with Crippen LogP contribution in [-0.4, -0.2) is 39.6 Å². The van der Waals surface area contributed by atoms with Crippen LogP contribution >= 0.6 is 0 Å². The van der Waals surface area contributed by atoms with Crippen LogP contribution in [0.2, 0.25) is 0 Å². The Morgan fingerprint density at radius 1 is 1.43 bits per heavy atom. The number of nitro benzene ring substituents is 1. The van der Waals surface area contributed by atoms with Gasteiger partial charge in [-0.25, -0.2) is 9.69 Å². The highest BCUT2D eigenvalue weighted by Crippen LogP contribution is 2.39. The highest BCUT2D eigenvalue weighted by atomic mass is 19.4. The number of urea groups is 1. The van der Waals surface area contributed by atoms with Crippen molar-refractivity contribution in [2.75, 3.05) is 11.6 Å². The highest BCUT2D eigenvalue weighted by Gasteiger charge is 2.43. The zero-order valence-electron chi connectivity index (χ0n) is 11.7. The van der Waals surface area contributed by atoms with Gasteiger partial charge in [-0.2, -0.15) is 13.2 Å². The van der Waals surface area contributed by atoms with Gasteiger partial charge in [-0.05, 0) is 19.1 Å². The Labute approximate surface area is 127 Å². The van der Waals surface area contributed by atoms with Crippen LogP contribution in [0.1, 0.15) is 12.5 Å². The van der Waals surface area contributed by atoms with E-state index in [1.54, 1.807) is 0 Å². The molecule has 0 aliphatic carbocycles. The van der Waals surface area contributed by atoms with Crippen molar-refractivity contribution in [3.8, 4) is 0 Å².